The molecule has 0 spiro atoms. The number of nitrogens with zero attached hydrogens (tertiary/aromatic N) is 2. The number of amides is 1. The highest BCUT2D eigenvalue weighted by Gasteiger charge is 2.35. The molecule has 0 saturated carbocycles. The molecule has 0 unspecified atom stereocenters. The number of carbonyl (C=O) groups excluding carboxylic acids is 1. The summed E-state index contributed by atoms with van der Waals surface area (Å²) in [5, 5.41) is 0. The molecule has 0 aromatic heterocycles. The van der Waals surface area contributed by atoms with E-state index in [1.807, 2.05) is 43.9 Å². The quantitative estimate of drug-likeness (QED) is 0.641. The highest BCUT2D eigenvalue weighted by molar-refractivity contribution is 7.92. The molecular weight excluding hydrogens is 408 g/mol. The van der Waals surface area contributed by atoms with E-state index in [1.54, 1.807) is 6.07 Å². The number of hydrogen-bond acceptors (Lipinski definition) is 3. The van der Waals surface area contributed by atoms with Crippen LogP contribution in [-0.4, -0.2) is 44.6 Å². The second-order valence-corrected chi connectivity index (χ2v) is 10.6. The van der Waals surface area contributed by atoms with Gasteiger partial charge in [-0.05, 0) is 74.3 Å². The predicted molar refractivity (Wildman–Crippen MR) is 127 cm³/mol. The Morgan fingerprint density at radius 1 is 1.06 bits per heavy atom. The Kier molecular flexibility index (Phi) is 7.42. The average Bonchev–Trinajstić information content (AvgIpc) is 2.74. The summed E-state index contributed by atoms with van der Waals surface area (Å²) >= 11 is 0. The molecule has 0 bridgehead atoms. The number of piperidine rings is 1. The van der Waals surface area contributed by atoms with Gasteiger partial charge in [-0.1, -0.05) is 43.3 Å². The molecule has 0 N–H and O–H groups in total. The van der Waals surface area contributed by atoms with Crippen LogP contribution in [0.1, 0.15) is 42.9 Å². The minimum Gasteiger partial charge on any atom is -0.341 e. The number of sulfonamides is 1. The van der Waals surface area contributed by atoms with E-state index in [-0.39, 0.29) is 5.91 Å². The molecular formula is C25H34N2O3S. The molecule has 6 heteroatoms. The van der Waals surface area contributed by atoms with Crippen molar-refractivity contribution < 1.29 is 13.2 Å². The molecule has 1 fully saturated rings. The summed E-state index contributed by atoms with van der Waals surface area (Å²) in [6.07, 6.45) is 4.53. The number of rotatable bonds is 7. The van der Waals surface area contributed by atoms with E-state index in [9.17, 15) is 13.2 Å². The van der Waals surface area contributed by atoms with E-state index in [1.165, 1.54) is 16.1 Å². The van der Waals surface area contributed by atoms with E-state index in [0.717, 1.165) is 30.4 Å². The molecule has 3 rings (SSSR count). The fraction of sp³-hybridized carbons (Fsp3) is 0.480. The third-order valence-electron chi connectivity index (χ3n) is 6.35. The van der Waals surface area contributed by atoms with Gasteiger partial charge in [0.15, 0.2) is 0 Å². The van der Waals surface area contributed by atoms with Gasteiger partial charge >= 0.3 is 0 Å². The highest BCUT2D eigenvalue weighted by Crippen LogP contribution is 2.28. The first kappa shape index (κ1) is 23.3. The van der Waals surface area contributed by atoms with Crippen molar-refractivity contribution in [2.24, 2.45) is 5.92 Å². The lowest BCUT2D eigenvalue weighted by Crippen LogP contribution is -2.52. The van der Waals surface area contributed by atoms with Crippen molar-refractivity contribution in [1.82, 2.24) is 4.90 Å². The van der Waals surface area contributed by atoms with Gasteiger partial charge in [-0.15, -0.1) is 0 Å². The minimum absolute atomic E-state index is 0.0932. The molecule has 0 aliphatic carbocycles. The van der Waals surface area contributed by atoms with Crippen LogP contribution in [0.15, 0.2) is 48.5 Å². The van der Waals surface area contributed by atoms with Crippen LogP contribution in [0.3, 0.4) is 0 Å². The molecule has 1 heterocycles. The van der Waals surface area contributed by atoms with Gasteiger partial charge in [-0.2, -0.15) is 0 Å². The topological polar surface area (TPSA) is 57.7 Å². The van der Waals surface area contributed by atoms with Crippen LogP contribution >= 0.6 is 0 Å². The summed E-state index contributed by atoms with van der Waals surface area (Å²) in [7, 11) is -3.61. The van der Waals surface area contributed by atoms with Crippen LogP contribution in [0.2, 0.25) is 0 Å². The maximum absolute atomic E-state index is 13.4. The lowest BCUT2D eigenvalue weighted by molar-refractivity contribution is -0.133. The van der Waals surface area contributed by atoms with E-state index >= 15 is 0 Å². The monoisotopic (exact) mass is 442 g/mol. The van der Waals surface area contributed by atoms with Crippen LogP contribution < -0.4 is 4.31 Å². The zero-order chi connectivity index (χ0) is 22.6. The number of likely N-dealkylation sites (tertiary alicyclic amines) is 1. The molecule has 168 valence electrons. The van der Waals surface area contributed by atoms with Gasteiger partial charge in [0, 0.05) is 13.1 Å². The molecule has 1 saturated heterocycles. The number of benzene rings is 2. The van der Waals surface area contributed by atoms with Crippen molar-refractivity contribution in [2.45, 2.75) is 52.5 Å². The van der Waals surface area contributed by atoms with Crippen molar-refractivity contribution in [3.05, 3.63) is 65.2 Å². The lowest BCUT2D eigenvalue weighted by atomic mass is 9.90. The molecule has 2 aromatic carbocycles. The lowest BCUT2D eigenvalue weighted by Gasteiger charge is -2.37. The summed E-state index contributed by atoms with van der Waals surface area (Å²) in [6.45, 7) is 7.18. The highest BCUT2D eigenvalue weighted by atomic mass is 32.2. The summed E-state index contributed by atoms with van der Waals surface area (Å²) in [6, 6.07) is 15.3. The van der Waals surface area contributed by atoms with Gasteiger partial charge in [0.05, 0.1) is 11.9 Å². The molecule has 0 radical (unpaired) electrons. The number of carbonyl (C=O) groups is 1. The first-order chi connectivity index (χ1) is 14.7. The van der Waals surface area contributed by atoms with E-state index in [2.05, 4.69) is 24.3 Å². The van der Waals surface area contributed by atoms with Crippen LogP contribution in [0, 0.1) is 19.8 Å². The van der Waals surface area contributed by atoms with Crippen molar-refractivity contribution in [3.8, 4) is 0 Å². The normalized spacial score (nSPS) is 16.2. The SMILES string of the molecule is CC[C@H](C(=O)N1CCC(Cc2ccccc2)CC1)N(c1ccc(C)c(C)c1)S(C)(=O)=O. The largest absolute Gasteiger partial charge is 0.341 e. The Bertz CT molecular complexity index is 997. The van der Waals surface area contributed by atoms with Crippen LogP contribution in [0.4, 0.5) is 5.69 Å². The van der Waals surface area contributed by atoms with Gasteiger partial charge in [-0.25, -0.2) is 8.42 Å². The van der Waals surface area contributed by atoms with E-state index < -0.39 is 16.1 Å². The predicted octanol–water partition coefficient (Wildman–Crippen LogP) is 4.33. The molecule has 31 heavy (non-hydrogen) atoms. The fourth-order valence-corrected chi connectivity index (χ4v) is 5.62. The smallest absolute Gasteiger partial charge is 0.246 e. The van der Waals surface area contributed by atoms with Crippen LogP contribution in [0.5, 0.6) is 0 Å². The summed E-state index contributed by atoms with van der Waals surface area (Å²) < 4.78 is 26.8. The number of hydrogen-bond donors (Lipinski definition) is 0. The summed E-state index contributed by atoms with van der Waals surface area (Å²) in [4.78, 5) is 15.3. The number of aryl methyl sites for hydroxylation is 2. The third kappa shape index (κ3) is 5.67. The molecule has 2 aromatic rings. The Morgan fingerprint density at radius 3 is 2.26 bits per heavy atom. The zero-order valence-corrected chi connectivity index (χ0v) is 19.9. The number of anilines is 1. The van der Waals surface area contributed by atoms with Gasteiger partial charge in [-0.3, -0.25) is 9.10 Å². The standard InChI is InChI=1S/C25H34N2O3S/c1-5-24(27(31(4,29)30)23-12-11-19(2)20(3)17-23)25(28)26-15-13-22(14-16-26)18-21-9-7-6-8-10-21/h6-12,17,22,24H,5,13-16,18H2,1-4H3/t24-/m1/s1. The molecule has 1 aliphatic heterocycles. The van der Waals surface area contributed by atoms with Crippen LogP contribution in [0.25, 0.3) is 0 Å². The molecule has 1 atom stereocenters. The molecule has 1 amide bonds. The zero-order valence-electron chi connectivity index (χ0n) is 19.0. The van der Waals surface area contributed by atoms with Crippen molar-refractivity contribution in [3.63, 3.8) is 0 Å². The first-order valence-electron chi connectivity index (χ1n) is 11.1. The Labute approximate surface area is 187 Å². The van der Waals surface area contributed by atoms with Gasteiger partial charge in [0.25, 0.3) is 0 Å². The van der Waals surface area contributed by atoms with Crippen molar-refractivity contribution in [2.75, 3.05) is 23.7 Å². The van der Waals surface area contributed by atoms with Gasteiger partial charge in [0.2, 0.25) is 15.9 Å². The molecule has 1 aliphatic rings. The third-order valence-corrected chi connectivity index (χ3v) is 7.53. The first-order valence-corrected chi connectivity index (χ1v) is 12.9. The minimum atomic E-state index is -3.61. The summed E-state index contributed by atoms with van der Waals surface area (Å²) in [5.41, 5.74) is 3.99. The fourth-order valence-electron chi connectivity index (χ4n) is 4.42. The van der Waals surface area contributed by atoms with Crippen LogP contribution in [-0.2, 0) is 21.2 Å². The second-order valence-electron chi connectivity index (χ2n) is 8.71. The average molecular weight is 443 g/mol. The Balaban J connectivity index is 1.74. The van der Waals surface area contributed by atoms with Gasteiger partial charge < -0.3 is 4.90 Å². The molecule has 5 nitrogen and oxygen atoms in total. The maximum Gasteiger partial charge on any atom is 0.246 e. The Morgan fingerprint density at radius 2 is 1.71 bits per heavy atom. The van der Waals surface area contributed by atoms with E-state index in [0.29, 0.717) is 31.1 Å². The summed E-state index contributed by atoms with van der Waals surface area (Å²) in [5.74, 6) is 0.460. The van der Waals surface area contributed by atoms with Crippen molar-refractivity contribution in [1.29, 1.82) is 0 Å². The van der Waals surface area contributed by atoms with Crippen molar-refractivity contribution >= 4 is 21.6 Å². The maximum atomic E-state index is 13.4. The Hall–Kier alpha value is -2.34. The van der Waals surface area contributed by atoms with Gasteiger partial charge in [0.1, 0.15) is 6.04 Å². The van der Waals surface area contributed by atoms with E-state index in [4.69, 9.17) is 0 Å². The second kappa shape index (κ2) is 9.86.